The predicted octanol–water partition coefficient (Wildman–Crippen LogP) is 3.13. The number of nitrogens with two attached hydrogens (primary N) is 1. The van der Waals surface area contributed by atoms with Crippen molar-refractivity contribution in [3.63, 3.8) is 0 Å². The monoisotopic (exact) mass is 287 g/mol. The average molecular weight is 287 g/mol. The van der Waals surface area contributed by atoms with Crippen LogP contribution in [0.15, 0.2) is 54.6 Å². The molecule has 0 atom stereocenters. The van der Waals surface area contributed by atoms with E-state index in [1.165, 1.54) is 0 Å². The highest BCUT2D eigenvalue weighted by Gasteiger charge is 1.95. The number of hydrogen-bond acceptors (Lipinski definition) is 4. The lowest BCUT2D eigenvalue weighted by Gasteiger charge is -2.08. The fraction of sp³-hybridized carbons (Fsp3) is 0.294. The Bertz CT molecular complexity index is 499. The molecule has 0 spiro atoms. The van der Waals surface area contributed by atoms with Crippen molar-refractivity contribution in [2.75, 3.05) is 32.2 Å². The van der Waals surface area contributed by atoms with Gasteiger partial charge in [-0.1, -0.05) is 18.2 Å². The molecule has 0 amide bonds. The van der Waals surface area contributed by atoms with E-state index < -0.39 is 0 Å². The summed E-state index contributed by atoms with van der Waals surface area (Å²) in [5.41, 5.74) is 6.34. The molecule has 0 saturated carbocycles. The zero-order chi connectivity index (χ0) is 14.8. The Morgan fingerprint density at radius 1 is 0.667 bits per heavy atom. The van der Waals surface area contributed by atoms with Gasteiger partial charge in [0.2, 0.25) is 0 Å². The molecule has 0 radical (unpaired) electrons. The summed E-state index contributed by atoms with van der Waals surface area (Å²) in [4.78, 5) is 0. The van der Waals surface area contributed by atoms with Crippen LogP contribution in [0, 0.1) is 0 Å². The number of anilines is 1. The van der Waals surface area contributed by atoms with Gasteiger partial charge in [0, 0.05) is 18.7 Å². The summed E-state index contributed by atoms with van der Waals surface area (Å²) >= 11 is 0. The lowest BCUT2D eigenvalue weighted by Crippen LogP contribution is -2.09. The number of hydrogen-bond donors (Lipinski definition) is 1. The van der Waals surface area contributed by atoms with E-state index in [0.717, 1.165) is 23.6 Å². The van der Waals surface area contributed by atoms with Crippen molar-refractivity contribution in [2.24, 2.45) is 0 Å². The SMILES string of the molecule is Nc1ccc(OCCCOCCOc2ccccc2)cc1. The number of ether oxygens (including phenoxy) is 3. The molecule has 0 aliphatic rings. The summed E-state index contributed by atoms with van der Waals surface area (Å²) in [5.74, 6) is 1.70. The molecule has 112 valence electrons. The molecule has 2 N–H and O–H groups in total. The Morgan fingerprint density at radius 3 is 2.10 bits per heavy atom. The van der Waals surface area contributed by atoms with Gasteiger partial charge in [-0.25, -0.2) is 0 Å². The summed E-state index contributed by atoms with van der Waals surface area (Å²) in [7, 11) is 0. The minimum Gasteiger partial charge on any atom is -0.494 e. The topological polar surface area (TPSA) is 53.7 Å². The Morgan fingerprint density at radius 2 is 1.33 bits per heavy atom. The van der Waals surface area contributed by atoms with E-state index in [2.05, 4.69) is 0 Å². The molecule has 0 fully saturated rings. The van der Waals surface area contributed by atoms with Gasteiger partial charge in [-0.3, -0.25) is 0 Å². The van der Waals surface area contributed by atoms with E-state index in [1.54, 1.807) is 0 Å². The number of nitrogen functional groups attached to an aromatic ring is 1. The third-order valence-corrected chi connectivity index (χ3v) is 2.82. The van der Waals surface area contributed by atoms with Gasteiger partial charge in [0.25, 0.3) is 0 Å². The van der Waals surface area contributed by atoms with Gasteiger partial charge in [0.05, 0.1) is 13.2 Å². The molecule has 0 aliphatic heterocycles. The van der Waals surface area contributed by atoms with Gasteiger partial charge in [-0.05, 0) is 36.4 Å². The Hall–Kier alpha value is -2.20. The van der Waals surface area contributed by atoms with Crippen LogP contribution in [-0.2, 0) is 4.74 Å². The minimum absolute atomic E-state index is 0.558. The second kappa shape index (κ2) is 8.87. The summed E-state index contributed by atoms with van der Waals surface area (Å²) in [5, 5.41) is 0. The van der Waals surface area contributed by atoms with Gasteiger partial charge in [0.1, 0.15) is 18.1 Å². The van der Waals surface area contributed by atoms with Crippen LogP contribution in [0.2, 0.25) is 0 Å². The molecule has 4 nitrogen and oxygen atoms in total. The molecule has 2 rings (SSSR count). The Labute approximate surface area is 125 Å². The van der Waals surface area contributed by atoms with Crippen molar-refractivity contribution in [1.29, 1.82) is 0 Å². The smallest absolute Gasteiger partial charge is 0.119 e. The number of para-hydroxylation sites is 1. The molecule has 2 aromatic rings. The molecular formula is C17H21NO3. The van der Waals surface area contributed by atoms with Crippen molar-refractivity contribution in [3.8, 4) is 11.5 Å². The summed E-state index contributed by atoms with van der Waals surface area (Å²) in [6, 6.07) is 17.1. The molecule has 0 unspecified atom stereocenters. The van der Waals surface area contributed by atoms with Crippen molar-refractivity contribution >= 4 is 5.69 Å². The van der Waals surface area contributed by atoms with Gasteiger partial charge >= 0.3 is 0 Å². The first-order valence-electron chi connectivity index (χ1n) is 7.08. The van der Waals surface area contributed by atoms with Crippen LogP contribution in [0.5, 0.6) is 11.5 Å². The second-order valence-electron chi connectivity index (χ2n) is 4.54. The molecular weight excluding hydrogens is 266 g/mol. The van der Waals surface area contributed by atoms with Crippen LogP contribution in [0.25, 0.3) is 0 Å². The minimum atomic E-state index is 0.558. The van der Waals surface area contributed by atoms with Crippen LogP contribution in [0.1, 0.15) is 6.42 Å². The molecule has 0 aliphatic carbocycles. The van der Waals surface area contributed by atoms with Gasteiger partial charge in [0.15, 0.2) is 0 Å². The van der Waals surface area contributed by atoms with Crippen molar-refractivity contribution in [1.82, 2.24) is 0 Å². The van der Waals surface area contributed by atoms with E-state index >= 15 is 0 Å². The highest BCUT2D eigenvalue weighted by molar-refractivity contribution is 5.41. The highest BCUT2D eigenvalue weighted by Crippen LogP contribution is 2.13. The van der Waals surface area contributed by atoms with Crippen LogP contribution in [-0.4, -0.2) is 26.4 Å². The van der Waals surface area contributed by atoms with E-state index in [-0.39, 0.29) is 0 Å². The molecule has 21 heavy (non-hydrogen) atoms. The molecule has 0 heterocycles. The van der Waals surface area contributed by atoms with E-state index in [9.17, 15) is 0 Å². The van der Waals surface area contributed by atoms with Crippen molar-refractivity contribution < 1.29 is 14.2 Å². The van der Waals surface area contributed by atoms with Gasteiger partial charge in [-0.2, -0.15) is 0 Å². The first-order chi connectivity index (χ1) is 10.3. The molecule has 4 heteroatoms. The molecule has 2 aromatic carbocycles. The molecule has 0 aromatic heterocycles. The Balaban J connectivity index is 1.46. The van der Waals surface area contributed by atoms with Gasteiger partial charge in [-0.15, -0.1) is 0 Å². The lowest BCUT2D eigenvalue weighted by molar-refractivity contribution is 0.0905. The van der Waals surface area contributed by atoms with Crippen LogP contribution < -0.4 is 15.2 Å². The normalized spacial score (nSPS) is 10.3. The standard InChI is InChI=1S/C17H21NO3/c18-15-7-9-17(10-8-15)20-12-4-11-19-13-14-21-16-5-2-1-3-6-16/h1-3,5-10H,4,11-14,18H2. The first kappa shape index (κ1) is 15.2. The summed E-state index contributed by atoms with van der Waals surface area (Å²) < 4.78 is 16.6. The van der Waals surface area contributed by atoms with Crippen molar-refractivity contribution in [3.05, 3.63) is 54.6 Å². The largest absolute Gasteiger partial charge is 0.494 e. The predicted molar refractivity (Wildman–Crippen MR) is 83.7 cm³/mol. The van der Waals surface area contributed by atoms with E-state index in [4.69, 9.17) is 19.9 Å². The first-order valence-corrected chi connectivity index (χ1v) is 7.08. The fourth-order valence-electron chi connectivity index (χ4n) is 1.75. The lowest BCUT2D eigenvalue weighted by atomic mass is 10.3. The maximum atomic E-state index is 5.60. The van der Waals surface area contributed by atoms with Gasteiger partial charge < -0.3 is 19.9 Å². The zero-order valence-corrected chi connectivity index (χ0v) is 12.0. The molecule has 0 bridgehead atoms. The molecule has 0 saturated heterocycles. The maximum Gasteiger partial charge on any atom is 0.119 e. The van der Waals surface area contributed by atoms with E-state index in [0.29, 0.717) is 26.4 Å². The quantitative estimate of drug-likeness (QED) is 0.568. The van der Waals surface area contributed by atoms with Crippen LogP contribution >= 0.6 is 0 Å². The van der Waals surface area contributed by atoms with E-state index in [1.807, 2.05) is 54.6 Å². The van der Waals surface area contributed by atoms with Crippen LogP contribution in [0.4, 0.5) is 5.69 Å². The fourth-order valence-corrected chi connectivity index (χ4v) is 1.75. The Kier molecular flexibility index (Phi) is 6.42. The second-order valence-corrected chi connectivity index (χ2v) is 4.54. The number of rotatable bonds is 9. The third-order valence-electron chi connectivity index (χ3n) is 2.82. The van der Waals surface area contributed by atoms with Crippen LogP contribution in [0.3, 0.4) is 0 Å². The summed E-state index contributed by atoms with van der Waals surface area (Å²) in [6.45, 7) is 2.43. The maximum absolute atomic E-state index is 5.60. The zero-order valence-electron chi connectivity index (χ0n) is 12.0. The highest BCUT2D eigenvalue weighted by atomic mass is 16.5. The summed E-state index contributed by atoms with van der Waals surface area (Å²) in [6.07, 6.45) is 0.843. The van der Waals surface area contributed by atoms with Crippen molar-refractivity contribution in [2.45, 2.75) is 6.42 Å². The average Bonchev–Trinajstić information content (AvgIpc) is 2.53. The number of benzene rings is 2. The third kappa shape index (κ3) is 6.19.